The van der Waals surface area contributed by atoms with Crippen molar-refractivity contribution in [3.05, 3.63) is 52.2 Å². The van der Waals surface area contributed by atoms with Crippen LogP contribution < -0.4 is 34.4 Å². The molecule has 7 nitrogen and oxygen atoms in total. The van der Waals surface area contributed by atoms with Crippen LogP contribution in [0.15, 0.2) is 36.4 Å². The van der Waals surface area contributed by atoms with Gasteiger partial charge in [-0.05, 0) is 24.6 Å². The Balaban J connectivity index is 0.000000422. The van der Waals surface area contributed by atoms with Gasteiger partial charge in [0.25, 0.3) is 10.6 Å². The van der Waals surface area contributed by atoms with Crippen LogP contribution in [0, 0.1) is 17.2 Å². The molecule has 118 valence electrons. The van der Waals surface area contributed by atoms with Crippen LogP contribution in [-0.4, -0.2) is 5.91 Å². The summed E-state index contributed by atoms with van der Waals surface area (Å²) in [6.45, 7) is 2.04. The molecular formula is C13H13ClN2O5S. The normalized spacial score (nSPS) is 10.6. The highest BCUT2D eigenvalue weighted by atomic mass is 35.7. The van der Waals surface area contributed by atoms with Gasteiger partial charge in [0.05, 0.1) is 0 Å². The van der Waals surface area contributed by atoms with Gasteiger partial charge in [-0.1, -0.05) is 41.2 Å². The van der Waals surface area contributed by atoms with Gasteiger partial charge in [-0.25, -0.2) is 24.0 Å². The highest BCUT2D eigenvalue weighted by Gasteiger charge is 2.09. The minimum absolute atomic E-state index is 0.380. The lowest BCUT2D eigenvalue weighted by molar-refractivity contribution is -2.00. The van der Waals surface area contributed by atoms with Gasteiger partial charge < -0.3 is 5.73 Å². The summed E-state index contributed by atoms with van der Waals surface area (Å²) in [7, 11) is -4.94. The van der Waals surface area contributed by atoms with E-state index >= 15 is 0 Å². The van der Waals surface area contributed by atoms with Gasteiger partial charge in [-0.2, -0.15) is 0 Å². The molecule has 22 heavy (non-hydrogen) atoms. The van der Waals surface area contributed by atoms with Crippen molar-refractivity contribution in [2.75, 3.05) is 0 Å². The quantitative estimate of drug-likeness (QED) is 0.562. The van der Waals surface area contributed by atoms with Crippen LogP contribution in [0.4, 0.5) is 0 Å². The van der Waals surface area contributed by atoms with E-state index in [1.807, 2.05) is 37.3 Å². The van der Waals surface area contributed by atoms with Crippen molar-refractivity contribution in [1.82, 2.24) is 0 Å². The molecule has 4 N–H and O–H groups in total. The van der Waals surface area contributed by atoms with Crippen LogP contribution in [0.25, 0.3) is 10.4 Å². The summed E-state index contributed by atoms with van der Waals surface area (Å²) in [6, 6.07) is 11.7. The number of nitrogens with two attached hydrogens (primary N) is 2. The van der Waals surface area contributed by atoms with Gasteiger partial charge in [0.15, 0.2) is 0 Å². The first-order valence-corrected chi connectivity index (χ1v) is 7.84. The monoisotopic (exact) mass is 344 g/mol. The predicted molar refractivity (Wildman–Crippen MR) is 68.1 cm³/mol. The Hall–Kier alpha value is -1.81. The third-order valence-corrected chi connectivity index (χ3v) is 3.52. The van der Waals surface area contributed by atoms with Crippen molar-refractivity contribution in [1.29, 1.82) is 0 Å². The minimum atomic E-state index is -4.94. The molecule has 1 aromatic carbocycles. The lowest BCUT2D eigenvalue weighted by Gasteiger charge is -2.17. The first-order chi connectivity index (χ1) is 10.1. The molecule has 0 aliphatic heterocycles. The summed E-state index contributed by atoms with van der Waals surface area (Å²) in [5.41, 5.74) is 7.89. The van der Waals surface area contributed by atoms with Gasteiger partial charge in [0.2, 0.25) is 0 Å². The SMILES string of the molecule is Cc1ccc(-c2ccc(C(N)=O)c(=[NH2+])s2)cc1.[O-][Cl+3]([O-])([O-])[O-]. The Morgan fingerprint density at radius 3 is 2.00 bits per heavy atom. The number of benzene rings is 1. The number of primary amides is 1. The van der Waals surface area contributed by atoms with Crippen LogP contribution in [0.1, 0.15) is 15.9 Å². The fraction of sp³-hybridized carbons (Fsp3) is 0.0769. The summed E-state index contributed by atoms with van der Waals surface area (Å²) in [5.74, 6) is -0.491. The zero-order chi connectivity index (χ0) is 16.9. The molecule has 0 atom stereocenters. The maximum Gasteiger partial charge on any atom is 0.266 e. The average Bonchev–Trinajstić information content (AvgIpc) is 2.37. The lowest BCUT2D eigenvalue weighted by atomic mass is 10.1. The van der Waals surface area contributed by atoms with Gasteiger partial charge in [0.1, 0.15) is 5.56 Å². The molecule has 0 saturated carbocycles. The number of hydrogen-bond donors (Lipinski definition) is 2. The molecule has 0 bridgehead atoms. The zero-order valence-electron chi connectivity index (χ0n) is 11.4. The third-order valence-electron chi connectivity index (χ3n) is 2.49. The highest BCUT2D eigenvalue weighted by Crippen LogP contribution is 2.21. The second-order valence-electron chi connectivity index (χ2n) is 4.19. The van der Waals surface area contributed by atoms with Crippen molar-refractivity contribution in [2.45, 2.75) is 6.92 Å². The number of halogens is 1. The minimum Gasteiger partial charge on any atom is -0.365 e. The van der Waals surface area contributed by atoms with Crippen LogP contribution in [0.3, 0.4) is 0 Å². The van der Waals surface area contributed by atoms with Gasteiger partial charge >= 0.3 is 0 Å². The molecule has 2 aromatic rings. The topological polar surface area (TPSA) is 161 Å². The summed E-state index contributed by atoms with van der Waals surface area (Å²) in [5, 5.41) is 5.81. The second kappa shape index (κ2) is 7.45. The Morgan fingerprint density at radius 1 is 1.09 bits per heavy atom. The van der Waals surface area contributed by atoms with Crippen LogP contribution in [-0.2, 0) is 0 Å². The average molecular weight is 345 g/mol. The number of carbonyl (C=O) groups is 1. The molecule has 9 heteroatoms. The molecular weight excluding hydrogens is 332 g/mol. The molecule has 1 aromatic heterocycles. The summed E-state index contributed by atoms with van der Waals surface area (Å²) in [6.07, 6.45) is 0. The molecule has 0 aliphatic rings. The van der Waals surface area contributed by atoms with Gasteiger partial charge in [0, 0.05) is 4.88 Å². The van der Waals surface area contributed by atoms with E-state index in [1.54, 1.807) is 6.07 Å². The maximum atomic E-state index is 11.1. The van der Waals surface area contributed by atoms with E-state index < -0.39 is 16.2 Å². The Labute approximate surface area is 132 Å². The molecule has 0 aliphatic carbocycles. The Morgan fingerprint density at radius 2 is 1.59 bits per heavy atom. The smallest absolute Gasteiger partial charge is 0.266 e. The van der Waals surface area contributed by atoms with E-state index in [1.165, 1.54) is 16.9 Å². The van der Waals surface area contributed by atoms with Crippen molar-refractivity contribution in [3.8, 4) is 10.4 Å². The molecule has 1 heterocycles. The van der Waals surface area contributed by atoms with Crippen molar-refractivity contribution < 1.29 is 39.1 Å². The summed E-state index contributed by atoms with van der Waals surface area (Å²) in [4.78, 5) is 12.1. The number of carbonyl (C=O) groups excluding carboxylic acids is 1. The molecule has 0 unspecified atom stereocenters. The second-order valence-corrected chi connectivity index (χ2v) is 6.03. The van der Waals surface area contributed by atoms with Crippen molar-refractivity contribution >= 4 is 17.2 Å². The van der Waals surface area contributed by atoms with Gasteiger partial charge in [-0.15, -0.1) is 10.2 Å². The summed E-state index contributed by atoms with van der Waals surface area (Å²) >= 11 is 1.37. The first-order valence-electron chi connectivity index (χ1n) is 5.79. The molecule has 1 amide bonds. The zero-order valence-corrected chi connectivity index (χ0v) is 13.0. The fourth-order valence-electron chi connectivity index (χ4n) is 1.53. The standard InChI is InChI=1S/C13H12N2OS.ClHO4/c1-8-2-4-9(5-3-8)11-7-6-10(12(14)16)13(15)17-11;2-1(3,4)5/h2-7,15H,1H3,(H2,14,16);(H,2,3,4,5). The first kappa shape index (κ1) is 18.2. The molecule has 0 saturated heterocycles. The van der Waals surface area contributed by atoms with Crippen LogP contribution in [0.2, 0.25) is 0 Å². The maximum absolute atomic E-state index is 11.1. The fourth-order valence-corrected chi connectivity index (χ4v) is 2.43. The number of aryl methyl sites for hydroxylation is 1. The number of hydrogen-bond acceptors (Lipinski definition) is 6. The summed E-state index contributed by atoms with van der Waals surface area (Å²) < 4.78 is 34.4. The predicted octanol–water partition coefficient (Wildman–Crippen LogP) is -4.27. The van der Waals surface area contributed by atoms with E-state index in [0.717, 1.165) is 10.4 Å². The van der Waals surface area contributed by atoms with Crippen LogP contribution >= 0.6 is 11.3 Å². The van der Waals surface area contributed by atoms with Gasteiger partial charge in [-0.3, -0.25) is 4.79 Å². The third kappa shape index (κ3) is 6.31. The number of amides is 1. The Kier molecular flexibility index (Phi) is 6.18. The van der Waals surface area contributed by atoms with E-state index in [9.17, 15) is 4.79 Å². The van der Waals surface area contributed by atoms with E-state index in [-0.39, 0.29) is 0 Å². The van der Waals surface area contributed by atoms with E-state index in [4.69, 9.17) is 29.8 Å². The molecule has 0 radical (unpaired) electrons. The highest BCUT2D eigenvalue weighted by molar-refractivity contribution is 7.12. The van der Waals surface area contributed by atoms with Crippen LogP contribution in [0.5, 0.6) is 0 Å². The van der Waals surface area contributed by atoms with Crippen molar-refractivity contribution in [2.24, 2.45) is 5.73 Å². The van der Waals surface area contributed by atoms with E-state index in [0.29, 0.717) is 10.2 Å². The molecule has 0 spiro atoms. The molecule has 2 rings (SSSR count). The van der Waals surface area contributed by atoms with Crippen molar-refractivity contribution in [3.63, 3.8) is 0 Å². The largest absolute Gasteiger partial charge is 0.365 e. The Bertz CT molecular complexity index is 704. The number of rotatable bonds is 2. The molecule has 0 fully saturated rings. The van der Waals surface area contributed by atoms with E-state index in [2.05, 4.69) is 0 Å². The lowest BCUT2D eigenvalue weighted by Crippen LogP contribution is -2.68.